The lowest BCUT2D eigenvalue weighted by atomic mass is 9.87. The van der Waals surface area contributed by atoms with E-state index in [9.17, 15) is 14.4 Å². The maximum absolute atomic E-state index is 13.6. The van der Waals surface area contributed by atoms with Crippen LogP contribution in [0, 0.1) is 5.92 Å². The molecule has 156 valence electrons. The van der Waals surface area contributed by atoms with Crippen molar-refractivity contribution < 1.29 is 14.4 Å². The average molecular weight is 405 g/mol. The highest BCUT2D eigenvalue weighted by Crippen LogP contribution is 2.35. The zero-order valence-electron chi connectivity index (χ0n) is 17.4. The molecular formula is C25H28N2O3. The molecule has 2 unspecified atom stereocenters. The Bertz CT molecular complexity index is 907. The zero-order chi connectivity index (χ0) is 21.1. The van der Waals surface area contributed by atoms with Crippen molar-refractivity contribution in [2.75, 3.05) is 4.90 Å². The summed E-state index contributed by atoms with van der Waals surface area (Å²) in [6, 6.07) is 17.7. The molecule has 1 saturated carbocycles. The van der Waals surface area contributed by atoms with E-state index in [4.69, 9.17) is 0 Å². The van der Waals surface area contributed by atoms with Crippen LogP contribution in [0.5, 0.6) is 0 Å². The number of para-hydroxylation sites is 1. The number of amides is 3. The fraction of sp³-hybridized carbons (Fsp3) is 0.400. The molecule has 2 fully saturated rings. The van der Waals surface area contributed by atoms with Gasteiger partial charge in [0.2, 0.25) is 11.8 Å². The minimum Gasteiger partial charge on any atom is -0.323 e. The number of carbonyl (C=O) groups is 3. The number of hydrogen-bond acceptors (Lipinski definition) is 3. The number of anilines is 1. The molecular weight excluding hydrogens is 376 g/mol. The van der Waals surface area contributed by atoms with Crippen molar-refractivity contribution in [3.63, 3.8) is 0 Å². The van der Waals surface area contributed by atoms with E-state index in [-0.39, 0.29) is 36.1 Å². The van der Waals surface area contributed by atoms with Crippen LogP contribution in [-0.2, 0) is 14.4 Å². The van der Waals surface area contributed by atoms with Crippen molar-refractivity contribution >= 4 is 23.4 Å². The summed E-state index contributed by atoms with van der Waals surface area (Å²) in [5.74, 6) is -0.623. The van der Waals surface area contributed by atoms with Crippen molar-refractivity contribution in [1.29, 1.82) is 0 Å². The van der Waals surface area contributed by atoms with Crippen molar-refractivity contribution in [2.24, 2.45) is 5.92 Å². The SMILES string of the molecule is CC(c1ccccc1)N(C(=O)C1CCCCC1)C1CC(=O)N(c2ccccc2)C1=O. The minimum atomic E-state index is -0.762. The zero-order valence-corrected chi connectivity index (χ0v) is 17.4. The van der Waals surface area contributed by atoms with E-state index in [1.807, 2.05) is 43.3 Å². The molecule has 1 aliphatic carbocycles. The number of benzene rings is 2. The van der Waals surface area contributed by atoms with Crippen molar-refractivity contribution in [2.45, 2.75) is 57.5 Å². The lowest BCUT2D eigenvalue weighted by Crippen LogP contribution is -2.49. The van der Waals surface area contributed by atoms with E-state index < -0.39 is 6.04 Å². The van der Waals surface area contributed by atoms with Gasteiger partial charge >= 0.3 is 0 Å². The highest BCUT2D eigenvalue weighted by atomic mass is 16.2. The Balaban J connectivity index is 1.67. The first-order valence-corrected chi connectivity index (χ1v) is 10.9. The van der Waals surface area contributed by atoms with Gasteiger partial charge < -0.3 is 4.90 Å². The molecule has 0 radical (unpaired) electrons. The van der Waals surface area contributed by atoms with E-state index in [1.165, 1.54) is 4.90 Å². The Morgan fingerprint density at radius 1 is 0.933 bits per heavy atom. The first-order chi connectivity index (χ1) is 14.6. The monoisotopic (exact) mass is 404 g/mol. The minimum absolute atomic E-state index is 0.00659. The average Bonchev–Trinajstić information content (AvgIpc) is 3.09. The first kappa shape index (κ1) is 20.3. The third-order valence-electron chi connectivity index (χ3n) is 6.38. The molecule has 0 N–H and O–H groups in total. The lowest BCUT2D eigenvalue weighted by Gasteiger charge is -2.37. The molecule has 1 saturated heterocycles. The summed E-state index contributed by atoms with van der Waals surface area (Å²) in [7, 11) is 0. The third kappa shape index (κ3) is 3.89. The number of imide groups is 1. The summed E-state index contributed by atoms with van der Waals surface area (Å²) in [5, 5.41) is 0. The molecule has 0 bridgehead atoms. The summed E-state index contributed by atoms with van der Waals surface area (Å²) in [5.41, 5.74) is 1.53. The fourth-order valence-corrected chi connectivity index (χ4v) is 4.75. The van der Waals surface area contributed by atoms with E-state index in [0.717, 1.165) is 37.7 Å². The van der Waals surface area contributed by atoms with Gasteiger partial charge in [-0.25, -0.2) is 4.90 Å². The van der Waals surface area contributed by atoms with Gasteiger partial charge in [0.05, 0.1) is 18.2 Å². The van der Waals surface area contributed by atoms with E-state index in [0.29, 0.717) is 5.69 Å². The number of carbonyl (C=O) groups excluding carboxylic acids is 3. The second kappa shape index (κ2) is 8.82. The van der Waals surface area contributed by atoms with Gasteiger partial charge in [0.15, 0.2) is 0 Å². The van der Waals surface area contributed by atoms with E-state index in [1.54, 1.807) is 29.2 Å². The summed E-state index contributed by atoms with van der Waals surface area (Å²) in [4.78, 5) is 42.8. The van der Waals surface area contributed by atoms with E-state index in [2.05, 4.69) is 0 Å². The second-order valence-corrected chi connectivity index (χ2v) is 8.29. The molecule has 1 aliphatic heterocycles. The molecule has 0 spiro atoms. The Hall–Kier alpha value is -2.95. The molecule has 2 atom stereocenters. The summed E-state index contributed by atoms with van der Waals surface area (Å²) in [6.45, 7) is 1.96. The summed E-state index contributed by atoms with van der Waals surface area (Å²) < 4.78 is 0. The highest BCUT2D eigenvalue weighted by molar-refractivity contribution is 6.23. The molecule has 1 heterocycles. The quantitative estimate of drug-likeness (QED) is 0.690. The van der Waals surface area contributed by atoms with Crippen LogP contribution in [0.2, 0.25) is 0 Å². The van der Waals surface area contributed by atoms with Crippen LogP contribution >= 0.6 is 0 Å². The molecule has 5 heteroatoms. The van der Waals surface area contributed by atoms with Crippen molar-refractivity contribution in [3.05, 3.63) is 66.2 Å². The van der Waals surface area contributed by atoms with Gasteiger partial charge in [-0.05, 0) is 37.5 Å². The predicted molar refractivity (Wildman–Crippen MR) is 116 cm³/mol. The van der Waals surface area contributed by atoms with Gasteiger partial charge in [-0.15, -0.1) is 0 Å². The normalized spacial score (nSPS) is 21.0. The Kier molecular flexibility index (Phi) is 5.98. The topological polar surface area (TPSA) is 57.7 Å². The Morgan fingerprint density at radius 3 is 2.17 bits per heavy atom. The fourth-order valence-electron chi connectivity index (χ4n) is 4.75. The molecule has 4 rings (SSSR count). The van der Waals surface area contributed by atoms with Gasteiger partial charge in [0, 0.05) is 5.92 Å². The molecule has 30 heavy (non-hydrogen) atoms. The molecule has 3 amide bonds. The molecule has 2 aromatic rings. The molecule has 5 nitrogen and oxygen atoms in total. The van der Waals surface area contributed by atoms with Crippen molar-refractivity contribution in [3.8, 4) is 0 Å². The molecule has 2 aromatic carbocycles. The van der Waals surface area contributed by atoms with Gasteiger partial charge in [-0.3, -0.25) is 14.4 Å². The Labute approximate surface area is 177 Å². The Morgan fingerprint density at radius 2 is 1.53 bits per heavy atom. The van der Waals surface area contributed by atoms with Crippen molar-refractivity contribution in [1.82, 2.24) is 4.90 Å². The first-order valence-electron chi connectivity index (χ1n) is 10.9. The van der Waals surface area contributed by atoms with Gasteiger partial charge in [-0.1, -0.05) is 67.8 Å². The van der Waals surface area contributed by atoms with E-state index >= 15 is 0 Å². The number of rotatable bonds is 5. The van der Waals surface area contributed by atoms with Gasteiger partial charge in [0.1, 0.15) is 6.04 Å². The van der Waals surface area contributed by atoms with Gasteiger partial charge in [-0.2, -0.15) is 0 Å². The molecule has 2 aliphatic rings. The van der Waals surface area contributed by atoms with Crippen LogP contribution in [0.4, 0.5) is 5.69 Å². The smallest absolute Gasteiger partial charge is 0.257 e. The largest absolute Gasteiger partial charge is 0.323 e. The standard InChI is InChI=1S/C25H28N2O3/c1-18(19-11-5-2-6-12-19)26(24(29)20-13-7-3-8-14-20)22-17-23(28)27(25(22)30)21-15-9-4-10-16-21/h2,4-6,9-12,15-16,18,20,22H,3,7-8,13-14,17H2,1H3. The van der Waals surface area contributed by atoms with Crippen LogP contribution < -0.4 is 4.90 Å². The lowest BCUT2D eigenvalue weighted by molar-refractivity contribution is -0.145. The van der Waals surface area contributed by atoms with Crippen LogP contribution in [0.3, 0.4) is 0 Å². The van der Waals surface area contributed by atoms with Crippen LogP contribution in [0.15, 0.2) is 60.7 Å². The third-order valence-corrected chi connectivity index (χ3v) is 6.38. The van der Waals surface area contributed by atoms with Crippen LogP contribution in [-0.4, -0.2) is 28.7 Å². The second-order valence-electron chi connectivity index (χ2n) is 8.29. The summed E-state index contributed by atoms with van der Waals surface area (Å²) in [6.07, 6.45) is 4.97. The predicted octanol–water partition coefficient (Wildman–Crippen LogP) is 4.49. The van der Waals surface area contributed by atoms with Gasteiger partial charge in [0.25, 0.3) is 5.91 Å². The van der Waals surface area contributed by atoms with Crippen LogP contribution in [0.25, 0.3) is 0 Å². The maximum atomic E-state index is 13.6. The summed E-state index contributed by atoms with van der Waals surface area (Å²) >= 11 is 0. The highest BCUT2D eigenvalue weighted by Gasteiger charge is 2.47. The number of nitrogens with zero attached hydrogens (tertiary/aromatic N) is 2. The maximum Gasteiger partial charge on any atom is 0.257 e. The number of hydrogen-bond donors (Lipinski definition) is 0. The van der Waals surface area contributed by atoms with Crippen LogP contribution in [0.1, 0.15) is 57.1 Å². The molecule has 0 aromatic heterocycles.